The van der Waals surface area contributed by atoms with E-state index in [4.69, 9.17) is 27.0 Å². The number of amides is 1. The largest absolute Gasteiger partial charge is 0.480 e. The van der Waals surface area contributed by atoms with Crippen LogP contribution >= 0.6 is 76.1 Å². The molecule has 0 radical (unpaired) electrons. The van der Waals surface area contributed by atoms with Crippen molar-refractivity contribution in [2.24, 2.45) is 11.5 Å². The molecule has 10 rings (SSSR count). The lowest BCUT2D eigenvalue weighted by molar-refractivity contribution is -0.136. The van der Waals surface area contributed by atoms with Gasteiger partial charge in [-0.2, -0.15) is 0 Å². The van der Waals surface area contributed by atoms with E-state index in [9.17, 15) is 33.6 Å². The summed E-state index contributed by atoms with van der Waals surface area (Å²) in [6.07, 6.45) is -0.470. The number of nitrogens with two attached hydrogens (primary N) is 3. The number of carbonyl (C=O) groups excluding carboxylic acids is 4. The molecule has 0 unspecified atom stereocenters. The van der Waals surface area contributed by atoms with Gasteiger partial charge in [-0.15, -0.1) is 12.4 Å². The number of ether oxygens (including phenoxy) is 1. The first kappa shape index (κ1) is 61.7. The number of carbonyl (C=O) groups is 5. The molecule has 0 saturated carbocycles. The molecule has 3 heterocycles. The van der Waals surface area contributed by atoms with Crippen molar-refractivity contribution in [3.63, 3.8) is 0 Å². The predicted octanol–water partition coefficient (Wildman–Crippen LogP) is 9.00. The first-order valence-corrected chi connectivity index (χ1v) is 26.7. The van der Waals surface area contributed by atoms with E-state index in [0.717, 1.165) is 68.9 Å². The van der Waals surface area contributed by atoms with Crippen LogP contribution in [0.4, 0.5) is 16.2 Å². The number of Topliss-reactive ketones (excluding diaryl/α,β-unsaturated/α-hetero) is 3. The van der Waals surface area contributed by atoms with Crippen LogP contribution in [0.3, 0.4) is 0 Å². The number of anilines is 2. The molecule has 21 heteroatoms. The van der Waals surface area contributed by atoms with Gasteiger partial charge in [0.15, 0.2) is 17.3 Å². The van der Waals surface area contributed by atoms with E-state index in [-0.39, 0.29) is 67.4 Å². The van der Waals surface area contributed by atoms with Gasteiger partial charge in [0.05, 0.1) is 32.7 Å². The van der Waals surface area contributed by atoms with E-state index in [1.165, 1.54) is 4.90 Å². The van der Waals surface area contributed by atoms with Gasteiger partial charge >= 0.3 is 12.1 Å². The molecule has 77 heavy (non-hydrogen) atoms. The standard InChI is InChI=1S/C17H14BrNO3.C14H13N3O3.C9H10BrNO2.C9H8BrNO.C7H8BrN.ClH/c18-14-6-7-15-13(8-14)9-19(10-16(15)20)17(21)22-11-12-4-2-1-3-5-12;15-4-7-1-2-9-8(3-7)5-17(6-10(9)18)12-11(16)13(19)14(12)20;10-8-3-1-2-7(4-8)5-11-6-9(12)13;10-7-1-2-8-6(3-7)4-11-5-9(8)12;8-7-3-1-2-6(4-7)5-9;/h1-8H,9-11H2;1-3H,4-6,15-16H2;1-4,11H,5-6H2,(H,12,13);1-3,11H,4-5H2;1-4H,5,9H2;1H. The van der Waals surface area contributed by atoms with Gasteiger partial charge in [0, 0.05) is 67.3 Å². The number of hydrogen-bond acceptors (Lipinski definition) is 14. The Morgan fingerprint density at radius 2 is 1.10 bits per heavy atom. The van der Waals surface area contributed by atoms with Gasteiger partial charge in [-0.1, -0.05) is 137 Å². The van der Waals surface area contributed by atoms with Crippen LogP contribution in [0.2, 0.25) is 0 Å². The molecular weight excluding hydrogens is 1270 g/mol. The molecule has 0 spiro atoms. The topological polar surface area (TPSA) is 258 Å². The number of carboxylic acids is 1. The van der Waals surface area contributed by atoms with E-state index in [0.29, 0.717) is 50.4 Å². The average Bonchev–Trinajstić information content (AvgIpc) is 3.42. The maximum Gasteiger partial charge on any atom is 0.410 e. The number of nitrogens with one attached hydrogen (secondary N) is 2. The molecule has 3 aliphatic rings. The summed E-state index contributed by atoms with van der Waals surface area (Å²) in [5.74, 6) is -0.813. The number of aliphatic carboxylic acids is 1. The molecule has 16 nitrogen and oxygen atoms in total. The number of benzene rings is 6. The van der Waals surface area contributed by atoms with Gasteiger partial charge in [0.25, 0.3) is 10.9 Å². The molecular formula is C56H54Br4ClN7O9. The Balaban J connectivity index is 0.000000183. The van der Waals surface area contributed by atoms with Crippen molar-refractivity contribution < 1.29 is 33.8 Å². The third-order valence-electron chi connectivity index (χ3n) is 11.8. The highest BCUT2D eigenvalue weighted by atomic mass is 79.9. The molecule has 0 aliphatic carbocycles. The average molecular weight is 1320 g/mol. The molecule has 0 saturated heterocycles. The molecule has 1 amide bonds. The van der Waals surface area contributed by atoms with Crippen LogP contribution in [0.1, 0.15) is 70.0 Å². The number of carboxylic acid groups (broad SMARTS) is 1. The normalized spacial score (nSPS) is 13.0. The van der Waals surface area contributed by atoms with Crippen molar-refractivity contribution in [1.82, 2.24) is 15.5 Å². The van der Waals surface area contributed by atoms with Gasteiger partial charge in [-0.25, -0.2) is 4.79 Å². The van der Waals surface area contributed by atoms with Crippen LogP contribution in [0.5, 0.6) is 0 Å². The van der Waals surface area contributed by atoms with E-state index in [1.54, 1.807) is 17.0 Å². The number of ketones is 3. The summed E-state index contributed by atoms with van der Waals surface area (Å²) in [4.78, 5) is 83.6. The SMILES string of the molecule is Cl.NCc1ccc2c(c1)CN(c1c(N)c(=O)c1=O)CC2=O.NCc1cccc(Br)c1.O=C(O)CNCc1cccc(Br)c1.O=C1CN(C(=O)OCc2ccccc2)Cc2cc(Br)ccc21.O=C1CNCc2cc(Br)ccc21. The van der Waals surface area contributed by atoms with Crippen LogP contribution in [0, 0.1) is 0 Å². The Morgan fingerprint density at radius 1 is 0.571 bits per heavy atom. The molecule has 7 aromatic carbocycles. The highest BCUT2D eigenvalue weighted by Gasteiger charge is 2.31. The first-order valence-electron chi connectivity index (χ1n) is 23.5. The summed E-state index contributed by atoms with van der Waals surface area (Å²) >= 11 is 13.4. The number of hydrogen-bond donors (Lipinski definition) is 6. The Kier molecular flexibility index (Phi) is 24.1. The maximum absolute atomic E-state index is 12.2. The van der Waals surface area contributed by atoms with Crippen LogP contribution in [-0.2, 0) is 55.4 Å². The molecule has 402 valence electrons. The van der Waals surface area contributed by atoms with Gasteiger partial charge in [-0.3, -0.25) is 33.7 Å². The number of nitrogen functional groups attached to an aromatic ring is 1. The van der Waals surface area contributed by atoms with Gasteiger partial charge in [0.1, 0.15) is 18.0 Å². The number of rotatable bonds is 9. The first-order chi connectivity index (χ1) is 36.4. The second-order valence-electron chi connectivity index (χ2n) is 17.3. The van der Waals surface area contributed by atoms with Gasteiger partial charge in [-0.05, 0) is 99.6 Å². The molecule has 0 aromatic heterocycles. The van der Waals surface area contributed by atoms with Crippen molar-refractivity contribution in [1.29, 1.82) is 0 Å². The second kappa shape index (κ2) is 30.1. The summed E-state index contributed by atoms with van der Waals surface area (Å²) < 4.78 is 9.29. The highest BCUT2D eigenvalue weighted by molar-refractivity contribution is 9.11. The smallest absolute Gasteiger partial charge is 0.410 e. The molecule has 3 aliphatic heterocycles. The summed E-state index contributed by atoms with van der Waals surface area (Å²) in [6.45, 7) is 3.90. The minimum atomic E-state index is -0.838. The summed E-state index contributed by atoms with van der Waals surface area (Å²) in [6, 6.07) is 41.9. The van der Waals surface area contributed by atoms with Crippen molar-refractivity contribution in [3.8, 4) is 0 Å². The maximum atomic E-state index is 12.2. The second-order valence-corrected chi connectivity index (χ2v) is 21.0. The molecule has 7 aromatic rings. The number of fused-ring (bicyclic) bond motifs is 3. The number of halogens is 5. The molecule has 0 bridgehead atoms. The summed E-state index contributed by atoms with van der Waals surface area (Å²) in [5, 5.41) is 14.2. The zero-order chi connectivity index (χ0) is 54.9. The van der Waals surface area contributed by atoms with Crippen LogP contribution in [-0.4, -0.2) is 65.6 Å². The lowest BCUT2D eigenvalue weighted by Crippen LogP contribution is -2.46. The zero-order valence-corrected chi connectivity index (χ0v) is 48.4. The zero-order valence-electron chi connectivity index (χ0n) is 41.2. The van der Waals surface area contributed by atoms with E-state index in [1.807, 2.05) is 121 Å². The molecule has 9 N–H and O–H groups in total. The Morgan fingerprint density at radius 3 is 1.70 bits per heavy atom. The number of nitrogens with zero attached hydrogens (tertiary/aromatic N) is 2. The van der Waals surface area contributed by atoms with Crippen molar-refractivity contribution in [3.05, 3.63) is 227 Å². The quantitative estimate of drug-likeness (QED) is 0.0737. The lowest BCUT2D eigenvalue weighted by Gasteiger charge is -2.30. The van der Waals surface area contributed by atoms with E-state index in [2.05, 4.69) is 74.4 Å². The lowest BCUT2D eigenvalue weighted by atomic mass is 9.95. The fourth-order valence-electron chi connectivity index (χ4n) is 8.00. The van der Waals surface area contributed by atoms with Crippen LogP contribution < -0.4 is 43.6 Å². The van der Waals surface area contributed by atoms with E-state index < -0.39 is 22.9 Å². The molecule has 0 atom stereocenters. The van der Waals surface area contributed by atoms with Crippen LogP contribution in [0.15, 0.2) is 161 Å². The highest BCUT2D eigenvalue weighted by Crippen LogP contribution is 2.27. The van der Waals surface area contributed by atoms with Crippen molar-refractivity contribution >= 4 is 117 Å². The van der Waals surface area contributed by atoms with Crippen molar-refractivity contribution in [2.45, 2.75) is 45.9 Å². The van der Waals surface area contributed by atoms with Gasteiger partial charge < -0.3 is 42.6 Å². The molecule has 0 fully saturated rings. The predicted molar refractivity (Wildman–Crippen MR) is 314 cm³/mol. The summed E-state index contributed by atoms with van der Waals surface area (Å²) in [5.41, 5.74) is 24.3. The Bertz CT molecular complexity index is 3300. The van der Waals surface area contributed by atoms with Crippen LogP contribution in [0.25, 0.3) is 0 Å². The minimum absolute atomic E-state index is 0. The van der Waals surface area contributed by atoms with Gasteiger partial charge in [0.2, 0.25) is 0 Å². The monoisotopic (exact) mass is 1320 g/mol. The Labute approximate surface area is 484 Å². The summed E-state index contributed by atoms with van der Waals surface area (Å²) in [7, 11) is 0. The minimum Gasteiger partial charge on any atom is -0.480 e. The van der Waals surface area contributed by atoms with Crippen molar-refractivity contribution in [2.75, 3.05) is 36.8 Å². The Hall–Kier alpha value is -6.20. The fourth-order valence-corrected chi connectivity index (χ4v) is 9.71. The third kappa shape index (κ3) is 17.9. The van der Waals surface area contributed by atoms with E-state index >= 15 is 0 Å². The third-order valence-corrected chi connectivity index (χ3v) is 13.7. The fraction of sp³-hybridized carbons (Fsp3) is 0.196.